The van der Waals surface area contributed by atoms with E-state index < -0.39 is 35.2 Å². The van der Waals surface area contributed by atoms with Crippen LogP contribution in [0.25, 0.3) is 0 Å². The maximum absolute atomic E-state index is 9.06. The highest BCUT2D eigenvalue weighted by atomic mass is 28.4. The SMILES string of the molecule is C.C.C.C.C.C.C.C.C.CCO[Si](CCCN)(OCC)OCC.CCO[Si](CCCN)(OCC)OCC.CCO[Si](O)(O)CCCN.NCCC[Si](O)(O)O. The molecule has 13 N–H and O–H groups in total. The van der Waals surface area contributed by atoms with Crippen LogP contribution in [0.2, 0.25) is 24.2 Å². The lowest BCUT2D eigenvalue weighted by Crippen LogP contribution is -2.46. The summed E-state index contributed by atoms with van der Waals surface area (Å²) in [5.74, 6) is 0. The molecule has 0 atom stereocenters. The van der Waals surface area contributed by atoms with E-state index in [9.17, 15) is 0 Å². The van der Waals surface area contributed by atoms with Gasteiger partial charge >= 0.3 is 35.2 Å². The molecule has 0 fully saturated rings. The Morgan fingerprint density at radius 2 is 0.527 bits per heavy atom. The first-order valence-corrected chi connectivity index (χ1v) is 24.5. The molecule has 0 aromatic heterocycles. The van der Waals surface area contributed by atoms with Gasteiger partial charge in [-0.1, -0.05) is 66.8 Å². The van der Waals surface area contributed by atoms with E-state index in [1.807, 2.05) is 41.5 Å². The highest BCUT2D eigenvalue weighted by Crippen LogP contribution is 2.18. The zero-order chi connectivity index (χ0) is 36.4. The second-order valence-electron chi connectivity index (χ2n) is 9.48. The van der Waals surface area contributed by atoms with Gasteiger partial charge in [0.1, 0.15) is 0 Å². The van der Waals surface area contributed by atoms with Crippen molar-refractivity contribution in [3.05, 3.63) is 0 Å². The molecule has 0 aliphatic carbocycles. The van der Waals surface area contributed by atoms with Gasteiger partial charge in [-0.3, -0.25) is 0 Å². The lowest BCUT2D eigenvalue weighted by Gasteiger charge is -2.28. The first kappa shape index (κ1) is 91.1. The van der Waals surface area contributed by atoms with Gasteiger partial charge in [0.25, 0.3) is 0 Å². The van der Waals surface area contributed by atoms with E-state index in [4.69, 9.17) is 77.9 Å². The smallest absolute Gasteiger partial charge is 0.390 e. The van der Waals surface area contributed by atoms with Crippen molar-refractivity contribution >= 4 is 35.2 Å². The zero-order valence-corrected chi connectivity index (χ0v) is 33.8. The van der Waals surface area contributed by atoms with Gasteiger partial charge in [0.15, 0.2) is 0 Å². The van der Waals surface area contributed by atoms with Crippen molar-refractivity contribution in [1.82, 2.24) is 0 Å². The lowest BCUT2D eigenvalue weighted by atomic mass is 10.5. The second kappa shape index (κ2) is 60.9. The Balaban J connectivity index is -0.0000000375. The van der Waals surface area contributed by atoms with Crippen LogP contribution in [0.15, 0.2) is 0 Å². The van der Waals surface area contributed by atoms with Gasteiger partial charge in [-0.15, -0.1) is 0 Å². The van der Waals surface area contributed by atoms with E-state index >= 15 is 0 Å². The molecule has 0 aliphatic heterocycles. The van der Waals surface area contributed by atoms with Crippen molar-refractivity contribution in [3.8, 4) is 0 Å². The third kappa shape index (κ3) is 63.6. The van der Waals surface area contributed by atoms with Gasteiger partial charge in [-0.25, -0.2) is 0 Å². The highest BCUT2D eigenvalue weighted by Gasteiger charge is 2.40. The summed E-state index contributed by atoms with van der Waals surface area (Å²) in [6, 6.07) is 1.98. The standard InChI is InChI=1S/2C9H23NO3Si.C5H15NO3Si.C3H11NO3Si.9CH4/c2*1-4-11-14(12-5-2,13-6-3)9-7-8-10;1-2-9-10(7,8)5-3-4-6;4-2-1-3-8(5,6)7;;;;;;;;;/h2*4-10H2,1-3H3;7-8H,2-6H2,1H3;5-7H,1-4H2;9*1H4. The van der Waals surface area contributed by atoms with E-state index in [2.05, 4.69) is 0 Å². The molecule has 20 heteroatoms. The summed E-state index contributed by atoms with van der Waals surface area (Å²) in [6.07, 6.45) is 2.87. The number of rotatable bonds is 26. The molecular formula is C35H108N4O12Si4. The average molecular weight is 890 g/mol. The van der Waals surface area contributed by atoms with Crippen molar-refractivity contribution in [2.75, 3.05) is 72.4 Å². The molecule has 0 saturated carbocycles. The fourth-order valence-electron chi connectivity index (χ4n) is 3.61. The quantitative estimate of drug-likeness (QED) is 0.0448. The van der Waals surface area contributed by atoms with Crippen molar-refractivity contribution in [1.29, 1.82) is 0 Å². The first-order chi connectivity index (χ1) is 21.7. The van der Waals surface area contributed by atoms with Crippen LogP contribution >= 0.6 is 0 Å². The molecule has 0 unspecified atom stereocenters. The number of hydrogen-bond acceptors (Lipinski definition) is 16. The highest BCUT2D eigenvalue weighted by molar-refractivity contribution is 6.61. The average Bonchev–Trinajstić information content (AvgIpc) is 2.98. The largest absolute Gasteiger partial charge is 0.500 e. The van der Waals surface area contributed by atoms with Crippen LogP contribution < -0.4 is 22.9 Å². The maximum Gasteiger partial charge on any atom is 0.500 e. The van der Waals surface area contributed by atoms with E-state index in [1.54, 1.807) is 6.92 Å². The Morgan fingerprint density at radius 1 is 0.327 bits per heavy atom. The summed E-state index contributed by atoms with van der Waals surface area (Å²) in [5.41, 5.74) is 21.2. The molecule has 0 saturated heterocycles. The fourth-order valence-corrected chi connectivity index (χ4v) is 10.8. The van der Waals surface area contributed by atoms with E-state index in [0.717, 1.165) is 24.9 Å². The molecule has 0 bridgehead atoms. The normalized spacial score (nSPS) is 10.0. The fraction of sp³-hybridized carbons (Fsp3) is 1.00. The molecule has 55 heavy (non-hydrogen) atoms. The molecule has 0 aromatic rings. The summed E-state index contributed by atoms with van der Waals surface area (Å²) in [4.78, 5) is 43.2. The minimum Gasteiger partial charge on any atom is -0.390 e. The predicted molar refractivity (Wildman–Crippen MR) is 250 cm³/mol. The predicted octanol–water partition coefficient (Wildman–Crippen LogP) is 6.04. The molecule has 356 valence electrons. The van der Waals surface area contributed by atoms with Crippen molar-refractivity contribution in [2.45, 2.75) is 165 Å². The molecule has 16 nitrogen and oxygen atoms in total. The summed E-state index contributed by atoms with van der Waals surface area (Å²) < 4.78 is 38.6. The Morgan fingerprint density at radius 3 is 0.691 bits per heavy atom. The Hall–Kier alpha value is 0.228. The molecule has 0 aliphatic rings. The van der Waals surface area contributed by atoms with Crippen LogP contribution in [0.3, 0.4) is 0 Å². The van der Waals surface area contributed by atoms with E-state index in [1.165, 1.54) is 0 Å². The topological polar surface area (TPSA) is 270 Å². The van der Waals surface area contributed by atoms with Gasteiger partial charge in [-0.05, 0) is 100 Å². The number of nitrogens with two attached hydrogens (primary N) is 4. The van der Waals surface area contributed by atoms with Crippen LogP contribution in [0.5, 0.6) is 0 Å². The van der Waals surface area contributed by atoms with Gasteiger partial charge in [0.05, 0.1) is 0 Å². The van der Waals surface area contributed by atoms with Crippen molar-refractivity contribution in [3.63, 3.8) is 0 Å². The minimum absolute atomic E-state index is 0. The molecule has 0 aromatic carbocycles. The van der Waals surface area contributed by atoms with E-state index in [0.29, 0.717) is 91.3 Å². The van der Waals surface area contributed by atoms with Gasteiger partial charge in [-0.2, -0.15) is 0 Å². The Kier molecular flexibility index (Phi) is 101. The van der Waals surface area contributed by atoms with Crippen LogP contribution in [0.1, 0.15) is 141 Å². The van der Waals surface area contributed by atoms with E-state index in [-0.39, 0.29) is 72.9 Å². The Bertz CT molecular complexity index is 562. The monoisotopic (exact) mass is 889 g/mol. The zero-order valence-electron chi connectivity index (χ0n) is 29.8. The van der Waals surface area contributed by atoms with Gasteiger partial charge in [0, 0.05) is 70.4 Å². The summed E-state index contributed by atoms with van der Waals surface area (Å²) in [5, 5.41) is 0. The van der Waals surface area contributed by atoms with Crippen LogP contribution in [0.4, 0.5) is 0 Å². The van der Waals surface area contributed by atoms with Crippen LogP contribution in [-0.2, 0) is 31.0 Å². The maximum atomic E-state index is 9.06. The van der Waals surface area contributed by atoms with Gasteiger partial charge < -0.3 is 77.9 Å². The second-order valence-corrected chi connectivity index (χ2v) is 19.3. The first-order valence-electron chi connectivity index (χ1n) is 16.6. The van der Waals surface area contributed by atoms with Crippen molar-refractivity contribution < 1.29 is 55.0 Å². The Labute approximate surface area is 349 Å². The molecular weight excluding hydrogens is 781 g/mol. The lowest BCUT2D eigenvalue weighted by molar-refractivity contribution is 0.0702. The summed E-state index contributed by atoms with van der Waals surface area (Å²) in [7, 11) is -11.9. The van der Waals surface area contributed by atoms with Crippen LogP contribution in [0, 0.1) is 0 Å². The van der Waals surface area contributed by atoms with Gasteiger partial charge in [0.2, 0.25) is 0 Å². The molecule has 0 spiro atoms. The third-order valence-electron chi connectivity index (χ3n) is 5.36. The summed E-state index contributed by atoms with van der Waals surface area (Å²) >= 11 is 0. The minimum atomic E-state index is -3.76. The molecule has 0 amide bonds. The number of hydrogen-bond donors (Lipinski definition) is 9. The van der Waals surface area contributed by atoms with Crippen molar-refractivity contribution in [2.24, 2.45) is 22.9 Å². The van der Waals surface area contributed by atoms with Crippen LogP contribution in [-0.4, -0.2) is 132 Å². The summed E-state index contributed by atoms with van der Waals surface area (Å²) in [6.45, 7) is 19.8. The molecule has 0 rings (SSSR count). The molecule has 0 radical (unpaired) electrons. The third-order valence-corrected chi connectivity index (χ3v) is 14.4. The molecule has 0 heterocycles.